The van der Waals surface area contributed by atoms with Crippen molar-refractivity contribution in [3.8, 4) is 5.75 Å². The minimum Gasteiger partial charge on any atom is -0.497 e. The molecule has 2 amide bonds. The van der Waals surface area contributed by atoms with E-state index in [9.17, 15) is 22.4 Å². The Morgan fingerprint density at radius 2 is 1.80 bits per heavy atom. The van der Waals surface area contributed by atoms with Crippen LogP contribution in [0.5, 0.6) is 5.75 Å². The van der Waals surface area contributed by atoms with E-state index in [0.717, 1.165) is 22.6 Å². The number of hydrogen-bond acceptors (Lipinski definition) is 4. The van der Waals surface area contributed by atoms with Crippen molar-refractivity contribution >= 4 is 29.2 Å². The quantitative estimate of drug-likeness (QED) is 0.413. The lowest BCUT2D eigenvalue weighted by atomic mass is 9.88. The van der Waals surface area contributed by atoms with Crippen LogP contribution in [-0.2, 0) is 6.18 Å². The van der Waals surface area contributed by atoms with Crippen LogP contribution in [0.4, 0.5) is 28.0 Å². The van der Waals surface area contributed by atoms with Crippen molar-refractivity contribution in [2.45, 2.75) is 17.1 Å². The van der Waals surface area contributed by atoms with Gasteiger partial charge in [0.15, 0.2) is 0 Å². The minimum absolute atomic E-state index is 0.201. The van der Waals surface area contributed by atoms with Gasteiger partial charge in [0, 0.05) is 27.8 Å². The Kier molecular flexibility index (Phi) is 5.92. The maximum Gasteiger partial charge on any atom is 0.416 e. The summed E-state index contributed by atoms with van der Waals surface area (Å²) in [7, 11) is 1.55. The number of fused-ring (bicyclic) bond motifs is 3. The van der Waals surface area contributed by atoms with Crippen LogP contribution in [0.1, 0.15) is 22.7 Å². The molecule has 180 valence electrons. The molecule has 2 atom stereocenters. The van der Waals surface area contributed by atoms with Crippen molar-refractivity contribution in [1.29, 1.82) is 0 Å². The first kappa shape index (κ1) is 23.2. The van der Waals surface area contributed by atoms with E-state index in [1.807, 2.05) is 12.1 Å². The average Bonchev–Trinajstić information content (AvgIpc) is 3.24. The van der Waals surface area contributed by atoms with Crippen LogP contribution in [0.25, 0.3) is 0 Å². The predicted molar refractivity (Wildman–Crippen MR) is 125 cm³/mol. The van der Waals surface area contributed by atoms with Gasteiger partial charge in [-0.2, -0.15) is 18.3 Å². The summed E-state index contributed by atoms with van der Waals surface area (Å²) >= 11 is 1.56. The van der Waals surface area contributed by atoms with Gasteiger partial charge in [0.25, 0.3) is 0 Å². The van der Waals surface area contributed by atoms with E-state index in [0.29, 0.717) is 22.8 Å². The van der Waals surface area contributed by atoms with E-state index >= 15 is 0 Å². The number of rotatable bonds is 3. The highest BCUT2D eigenvalue weighted by Gasteiger charge is 2.44. The molecule has 2 heterocycles. The Hall–Kier alpha value is -3.53. The molecule has 3 aromatic rings. The first-order valence-corrected chi connectivity index (χ1v) is 11.7. The third-order valence-corrected chi connectivity index (χ3v) is 7.17. The molecule has 1 N–H and O–H groups in total. The van der Waals surface area contributed by atoms with Gasteiger partial charge in [0.05, 0.1) is 24.4 Å². The van der Waals surface area contributed by atoms with Crippen LogP contribution in [0.15, 0.2) is 76.7 Å². The summed E-state index contributed by atoms with van der Waals surface area (Å²) in [5.41, 5.74) is 1.43. The van der Waals surface area contributed by atoms with Crippen LogP contribution >= 0.6 is 11.8 Å². The number of urea groups is 1. The second-order valence-electron chi connectivity index (χ2n) is 8.11. The van der Waals surface area contributed by atoms with Gasteiger partial charge in [0.1, 0.15) is 11.6 Å². The van der Waals surface area contributed by atoms with Gasteiger partial charge in [-0.25, -0.2) is 14.2 Å². The Morgan fingerprint density at radius 1 is 1.09 bits per heavy atom. The van der Waals surface area contributed by atoms with E-state index in [1.54, 1.807) is 37.1 Å². The third kappa shape index (κ3) is 4.45. The first-order chi connectivity index (χ1) is 16.7. The summed E-state index contributed by atoms with van der Waals surface area (Å²) in [5.74, 6) is 0.666. The molecule has 0 saturated carbocycles. The maximum atomic E-state index is 14.1. The molecule has 0 bridgehead atoms. The lowest BCUT2D eigenvalue weighted by Crippen LogP contribution is -2.35. The smallest absolute Gasteiger partial charge is 0.416 e. The van der Waals surface area contributed by atoms with E-state index in [1.165, 1.54) is 29.3 Å². The van der Waals surface area contributed by atoms with Crippen LogP contribution in [0.2, 0.25) is 0 Å². The van der Waals surface area contributed by atoms with E-state index in [2.05, 4.69) is 10.4 Å². The number of thioether (sulfide) groups is 1. The van der Waals surface area contributed by atoms with Crippen molar-refractivity contribution in [3.05, 3.63) is 89.2 Å². The molecule has 2 unspecified atom stereocenters. The SMILES string of the molecule is COc1ccc(C2C3CSc4ccc(F)cc4C3=NN2C(=O)Nc2ccc(C(F)(F)F)cc2)cc1. The zero-order valence-electron chi connectivity index (χ0n) is 18.3. The van der Waals surface area contributed by atoms with E-state index in [-0.39, 0.29) is 11.6 Å². The standard InChI is InChI=1S/C25H19F4N3O2S/c1-34-18-9-2-14(3-10-18)23-20-13-35-21-11-6-16(26)12-19(21)22(20)31-32(23)24(33)30-17-7-4-15(5-8-17)25(27,28)29/h2-12,20,23H,13H2,1H3,(H,30,33). The molecule has 35 heavy (non-hydrogen) atoms. The first-order valence-electron chi connectivity index (χ1n) is 10.7. The topological polar surface area (TPSA) is 53.9 Å². The van der Waals surface area contributed by atoms with Crippen molar-refractivity contribution in [3.63, 3.8) is 0 Å². The highest BCUT2D eigenvalue weighted by molar-refractivity contribution is 7.99. The third-order valence-electron chi connectivity index (χ3n) is 5.98. The zero-order valence-corrected chi connectivity index (χ0v) is 19.2. The number of ether oxygens (including phenoxy) is 1. The monoisotopic (exact) mass is 501 g/mol. The minimum atomic E-state index is -4.47. The van der Waals surface area contributed by atoms with Gasteiger partial charge >= 0.3 is 12.2 Å². The number of amides is 2. The number of nitrogens with one attached hydrogen (secondary N) is 1. The Bertz CT molecular complexity index is 1290. The number of benzene rings is 3. The summed E-state index contributed by atoms with van der Waals surface area (Å²) < 4.78 is 58.0. The molecule has 0 saturated heterocycles. The number of hydrazone groups is 1. The lowest BCUT2D eigenvalue weighted by molar-refractivity contribution is -0.137. The Balaban J connectivity index is 1.50. The summed E-state index contributed by atoms with van der Waals surface area (Å²) in [6.45, 7) is 0. The van der Waals surface area contributed by atoms with Gasteiger partial charge in [-0.15, -0.1) is 11.8 Å². The second-order valence-corrected chi connectivity index (χ2v) is 9.17. The van der Waals surface area contributed by atoms with Crippen LogP contribution < -0.4 is 10.1 Å². The number of nitrogens with zero attached hydrogens (tertiary/aromatic N) is 2. The van der Waals surface area contributed by atoms with Gasteiger partial charge in [-0.1, -0.05) is 12.1 Å². The molecule has 0 fully saturated rings. The molecule has 0 aromatic heterocycles. The van der Waals surface area contributed by atoms with Gasteiger partial charge in [0.2, 0.25) is 0 Å². The number of carbonyl (C=O) groups excluding carboxylic acids is 1. The molecule has 0 radical (unpaired) electrons. The molecule has 10 heteroatoms. The van der Waals surface area contributed by atoms with Gasteiger partial charge in [-0.05, 0) is 60.2 Å². The van der Waals surface area contributed by atoms with Crippen molar-refractivity contribution in [2.24, 2.45) is 11.0 Å². The lowest BCUT2D eigenvalue weighted by Gasteiger charge is -2.29. The maximum absolute atomic E-state index is 14.1. The van der Waals surface area contributed by atoms with Crippen molar-refractivity contribution in [2.75, 3.05) is 18.2 Å². The Labute approximate surface area is 202 Å². The highest BCUT2D eigenvalue weighted by Crippen LogP contribution is 2.46. The molecular formula is C25H19F4N3O2S. The summed E-state index contributed by atoms with van der Waals surface area (Å²) in [6, 6.07) is 14.8. The summed E-state index contributed by atoms with van der Waals surface area (Å²) in [6.07, 6.45) is -4.47. The molecule has 0 spiro atoms. The van der Waals surface area contributed by atoms with Crippen LogP contribution in [0.3, 0.4) is 0 Å². The fraction of sp³-hybridized carbons (Fsp3) is 0.200. The molecule has 3 aromatic carbocycles. The average molecular weight is 502 g/mol. The molecular weight excluding hydrogens is 482 g/mol. The van der Waals surface area contributed by atoms with Gasteiger partial charge < -0.3 is 10.1 Å². The fourth-order valence-electron chi connectivity index (χ4n) is 4.27. The number of hydrogen-bond donors (Lipinski definition) is 1. The summed E-state index contributed by atoms with van der Waals surface area (Å²) in [5, 5.41) is 8.52. The van der Waals surface area contributed by atoms with Crippen molar-refractivity contribution in [1.82, 2.24) is 5.01 Å². The molecule has 5 rings (SSSR count). The normalized spacial score (nSPS) is 19.0. The molecule has 0 aliphatic carbocycles. The predicted octanol–water partition coefficient (Wildman–Crippen LogP) is 6.57. The molecule has 2 aliphatic rings. The molecule has 5 nitrogen and oxygen atoms in total. The highest BCUT2D eigenvalue weighted by atomic mass is 32.2. The number of carbonyl (C=O) groups is 1. The fourth-order valence-corrected chi connectivity index (χ4v) is 5.46. The van der Waals surface area contributed by atoms with Crippen LogP contribution in [0, 0.1) is 11.7 Å². The number of halogens is 4. The number of alkyl halides is 3. The summed E-state index contributed by atoms with van der Waals surface area (Å²) in [4.78, 5) is 14.2. The van der Waals surface area contributed by atoms with Gasteiger partial charge in [-0.3, -0.25) is 0 Å². The molecule has 2 aliphatic heterocycles. The number of anilines is 1. The van der Waals surface area contributed by atoms with Crippen LogP contribution in [-0.4, -0.2) is 29.6 Å². The number of methoxy groups -OCH3 is 1. The second kappa shape index (κ2) is 8.92. The Morgan fingerprint density at radius 3 is 2.46 bits per heavy atom. The van der Waals surface area contributed by atoms with E-state index in [4.69, 9.17) is 4.74 Å². The van der Waals surface area contributed by atoms with E-state index < -0.39 is 29.6 Å². The van der Waals surface area contributed by atoms with Crippen molar-refractivity contribution < 1.29 is 27.1 Å². The zero-order chi connectivity index (χ0) is 24.7. The largest absolute Gasteiger partial charge is 0.497 e.